The molecule has 0 radical (unpaired) electrons. The Morgan fingerprint density at radius 1 is 1.07 bits per heavy atom. The number of aryl methyl sites for hydroxylation is 1. The molecule has 0 bridgehead atoms. The van der Waals surface area contributed by atoms with Crippen molar-refractivity contribution >= 4 is 17.8 Å². The number of aromatic nitrogens is 2. The Labute approximate surface area is 168 Å². The van der Waals surface area contributed by atoms with E-state index in [2.05, 4.69) is 10.4 Å². The first kappa shape index (κ1) is 20.4. The van der Waals surface area contributed by atoms with Gasteiger partial charge in [0.1, 0.15) is 12.4 Å². The van der Waals surface area contributed by atoms with Crippen LogP contribution >= 0.6 is 0 Å². The molecular formula is C20H25N5O4. The molecule has 1 aliphatic heterocycles. The molecule has 0 aliphatic carbocycles. The number of piperazine rings is 1. The van der Waals surface area contributed by atoms with Gasteiger partial charge in [0, 0.05) is 32.2 Å². The Hall–Kier alpha value is -3.36. The Kier molecular flexibility index (Phi) is 6.48. The van der Waals surface area contributed by atoms with E-state index in [4.69, 9.17) is 4.74 Å². The second kappa shape index (κ2) is 9.22. The number of anilines is 1. The number of carbonyl (C=O) groups excluding carboxylic acids is 2. The molecule has 0 atom stereocenters. The molecule has 9 nitrogen and oxygen atoms in total. The first-order chi connectivity index (χ1) is 14.0. The summed E-state index contributed by atoms with van der Waals surface area (Å²) >= 11 is 0. The van der Waals surface area contributed by atoms with Gasteiger partial charge in [-0.15, -0.1) is 5.10 Å². The van der Waals surface area contributed by atoms with Gasteiger partial charge in [-0.3, -0.25) is 9.59 Å². The molecule has 0 saturated carbocycles. The van der Waals surface area contributed by atoms with E-state index in [0.29, 0.717) is 37.7 Å². The first-order valence-corrected chi connectivity index (χ1v) is 9.58. The molecule has 1 aromatic carbocycles. The van der Waals surface area contributed by atoms with E-state index in [-0.39, 0.29) is 24.7 Å². The molecule has 154 valence electrons. The quantitative estimate of drug-likeness (QED) is 0.752. The summed E-state index contributed by atoms with van der Waals surface area (Å²) in [5.41, 5.74) is 1.62. The molecule has 1 fully saturated rings. The van der Waals surface area contributed by atoms with E-state index in [1.54, 1.807) is 17.9 Å². The normalized spacial score (nSPS) is 13.9. The number of hydrogen-bond donors (Lipinski definition) is 1. The van der Waals surface area contributed by atoms with Gasteiger partial charge >= 0.3 is 12.0 Å². The first-order valence-electron chi connectivity index (χ1n) is 9.58. The number of nitrogens with zero attached hydrogens (tertiary/aromatic N) is 4. The summed E-state index contributed by atoms with van der Waals surface area (Å²) in [4.78, 5) is 39.5. The molecule has 1 saturated heterocycles. The van der Waals surface area contributed by atoms with Crippen LogP contribution in [0.5, 0.6) is 0 Å². The van der Waals surface area contributed by atoms with Gasteiger partial charge in [-0.2, -0.15) is 4.68 Å². The number of carbonyl (C=O) groups is 2. The van der Waals surface area contributed by atoms with Crippen LogP contribution < -0.4 is 15.8 Å². The van der Waals surface area contributed by atoms with Crippen molar-refractivity contribution in [2.45, 2.75) is 13.8 Å². The van der Waals surface area contributed by atoms with Gasteiger partial charge in [-0.1, -0.05) is 17.7 Å². The van der Waals surface area contributed by atoms with Gasteiger partial charge in [0.25, 0.3) is 5.56 Å². The summed E-state index contributed by atoms with van der Waals surface area (Å²) in [5, 5.41) is 7.06. The number of benzene rings is 1. The highest BCUT2D eigenvalue weighted by Crippen LogP contribution is 2.14. The average Bonchev–Trinajstić information content (AvgIpc) is 2.73. The van der Waals surface area contributed by atoms with Crippen LogP contribution in [0.3, 0.4) is 0 Å². The fourth-order valence-corrected chi connectivity index (χ4v) is 3.05. The van der Waals surface area contributed by atoms with Crippen molar-refractivity contribution in [1.82, 2.24) is 20.0 Å². The monoisotopic (exact) mass is 399 g/mol. The molecule has 0 unspecified atom stereocenters. The summed E-state index contributed by atoms with van der Waals surface area (Å²) in [6.07, 6.45) is 0. The smallest absolute Gasteiger partial charge is 0.325 e. The third-order valence-corrected chi connectivity index (χ3v) is 4.64. The molecule has 2 aromatic rings. The van der Waals surface area contributed by atoms with Gasteiger partial charge in [0.2, 0.25) is 0 Å². The maximum Gasteiger partial charge on any atom is 0.325 e. The maximum atomic E-state index is 12.2. The van der Waals surface area contributed by atoms with Crippen molar-refractivity contribution in [1.29, 1.82) is 0 Å². The average molecular weight is 399 g/mol. The standard InChI is InChI=1S/C20H25N5O4/c1-3-29-19(27)14-21-20(28)24-12-10-23(11-13-24)17-8-9-18(26)25(22-17)16-6-4-15(2)5-7-16/h4-9H,3,10-14H2,1-2H3,(H,21,28). The molecule has 29 heavy (non-hydrogen) atoms. The van der Waals surface area contributed by atoms with Gasteiger partial charge in [0.15, 0.2) is 0 Å². The highest BCUT2D eigenvalue weighted by atomic mass is 16.5. The summed E-state index contributed by atoms with van der Waals surface area (Å²) in [5.74, 6) is 0.221. The van der Waals surface area contributed by atoms with E-state index in [1.165, 1.54) is 10.7 Å². The molecule has 1 aliphatic rings. The largest absolute Gasteiger partial charge is 0.465 e. The van der Waals surface area contributed by atoms with Crippen LogP contribution in [0.25, 0.3) is 5.69 Å². The fraction of sp³-hybridized carbons (Fsp3) is 0.400. The van der Waals surface area contributed by atoms with Gasteiger partial charge in [0.05, 0.1) is 12.3 Å². The van der Waals surface area contributed by atoms with Gasteiger partial charge in [-0.05, 0) is 32.0 Å². The Morgan fingerprint density at radius 2 is 1.76 bits per heavy atom. The molecule has 2 heterocycles. The molecule has 9 heteroatoms. The van der Waals surface area contributed by atoms with Crippen LogP contribution in [0.1, 0.15) is 12.5 Å². The Bertz CT molecular complexity index is 917. The van der Waals surface area contributed by atoms with Crippen LogP contribution in [-0.2, 0) is 9.53 Å². The van der Waals surface area contributed by atoms with E-state index in [9.17, 15) is 14.4 Å². The van der Waals surface area contributed by atoms with Crippen molar-refractivity contribution in [3.8, 4) is 5.69 Å². The molecule has 3 rings (SSSR count). The van der Waals surface area contributed by atoms with Crippen molar-refractivity contribution in [2.24, 2.45) is 0 Å². The number of esters is 1. The third kappa shape index (κ3) is 5.13. The fourth-order valence-electron chi connectivity index (χ4n) is 3.05. The minimum absolute atomic E-state index is 0.143. The lowest BCUT2D eigenvalue weighted by atomic mass is 10.2. The minimum atomic E-state index is -0.456. The lowest BCUT2D eigenvalue weighted by Crippen LogP contribution is -2.52. The number of hydrogen-bond acceptors (Lipinski definition) is 6. The van der Waals surface area contributed by atoms with Crippen LogP contribution in [0.4, 0.5) is 10.6 Å². The van der Waals surface area contributed by atoms with Crippen molar-refractivity contribution in [3.05, 3.63) is 52.3 Å². The number of ether oxygens (including phenoxy) is 1. The topological polar surface area (TPSA) is 96.8 Å². The van der Waals surface area contributed by atoms with Crippen LogP contribution in [0.15, 0.2) is 41.2 Å². The molecular weight excluding hydrogens is 374 g/mol. The highest BCUT2D eigenvalue weighted by molar-refractivity contribution is 5.81. The summed E-state index contributed by atoms with van der Waals surface area (Å²) in [6.45, 7) is 5.96. The number of urea groups is 1. The summed E-state index contributed by atoms with van der Waals surface area (Å²) in [6, 6.07) is 10.5. The van der Waals surface area contributed by atoms with E-state index in [1.807, 2.05) is 36.1 Å². The maximum absolute atomic E-state index is 12.2. The van der Waals surface area contributed by atoms with Crippen LogP contribution in [0.2, 0.25) is 0 Å². The lowest BCUT2D eigenvalue weighted by Gasteiger charge is -2.35. The van der Waals surface area contributed by atoms with E-state index >= 15 is 0 Å². The molecule has 1 N–H and O–H groups in total. The zero-order chi connectivity index (χ0) is 20.8. The van der Waals surface area contributed by atoms with Crippen molar-refractivity contribution in [3.63, 3.8) is 0 Å². The highest BCUT2D eigenvalue weighted by Gasteiger charge is 2.22. The number of rotatable bonds is 5. The van der Waals surface area contributed by atoms with Crippen LogP contribution in [-0.4, -0.2) is 66.0 Å². The number of amides is 2. The van der Waals surface area contributed by atoms with Crippen LogP contribution in [0, 0.1) is 6.92 Å². The van der Waals surface area contributed by atoms with Gasteiger partial charge in [-0.25, -0.2) is 4.79 Å². The second-order valence-corrected chi connectivity index (χ2v) is 6.71. The Balaban J connectivity index is 1.61. The summed E-state index contributed by atoms with van der Waals surface area (Å²) in [7, 11) is 0. The number of nitrogens with one attached hydrogen (secondary N) is 1. The zero-order valence-corrected chi connectivity index (χ0v) is 16.6. The molecule has 2 amide bonds. The molecule has 1 aromatic heterocycles. The third-order valence-electron chi connectivity index (χ3n) is 4.64. The predicted octanol–water partition coefficient (Wildman–Crippen LogP) is 0.936. The van der Waals surface area contributed by atoms with E-state index < -0.39 is 5.97 Å². The predicted molar refractivity (Wildman–Crippen MR) is 108 cm³/mol. The van der Waals surface area contributed by atoms with E-state index in [0.717, 1.165) is 5.56 Å². The zero-order valence-electron chi connectivity index (χ0n) is 16.6. The van der Waals surface area contributed by atoms with Gasteiger partial charge < -0.3 is 19.9 Å². The van der Waals surface area contributed by atoms with Crippen molar-refractivity contribution in [2.75, 3.05) is 44.2 Å². The van der Waals surface area contributed by atoms with Crippen molar-refractivity contribution < 1.29 is 14.3 Å². The molecule has 0 spiro atoms. The second-order valence-electron chi connectivity index (χ2n) is 6.71. The lowest BCUT2D eigenvalue weighted by molar-refractivity contribution is -0.141. The minimum Gasteiger partial charge on any atom is -0.465 e. The Morgan fingerprint density at radius 3 is 2.41 bits per heavy atom. The summed E-state index contributed by atoms with van der Waals surface area (Å²) < 4.78 is 6.18. The SMILES string of the molecule is CCOC(=O)CNC(=O)N1CCN(c2ccc(=O)n(-c3ccc(C)cc3)n2)CC1.